The second-order valence-corrected chi connectivity index (χ2v) is 30.1. The van der Waals surface area contributed by atoms with Crippen molar-refractivity contribution in [1.29, 1.82) is 5.26 Å². The fourth-order valence-corrected chi connectivity index (χ4v) is 14.9. The summed E-state index contributed by atoms with van der Waals surface area (Å²) in [5.41, 5.74) is 3.92. The van der Waals surface area contributed by atoms with Crippen LogP contribution in [-0.2, 0) is 43.9 Å². The van der Waals surface area contributed by atoms with E-state index in [2.05, 4.69) is 31.9 Å². The molecular formula is C72H66Cl3N7O15S3. The summed E-state index contributed by atoms with van der Waals surface area (Å²) in [4.78, 5) is 75.5. The lowest BCUT2D eigenvalue weighted by Crippen LogP contribution is -2.34. The van der Waals surface area contributed by atoms with E-state index in [1.54, 1.807) is 125 Å². The molecule has 9 aromatic carbocycles. The molecule has 0 fully saturated rings. The largest absolute Gasteiger partial charge is 0.506 e. The number of nitrogens with one attached hydrogen (secondary N) is 6. The lowest BCUT2D eigenvalue weighted by atomic mass is 10.1. The molecule has 0 spiro atoms. The number of benzene rings is 9. The van der Waals surface area contributed by atoms with E-state index in [-0.39, 0.29) is 105 Å². The average molecular weight is 1470 g/mol. The molecule has 9 aromatic rings. The number of aryl methyl sites for hydroxylation is 3. The minimum absolute atomic E-state index is 0.0122. The van der Waals surface area contributed by atoms with E-state index in [4.69, 9.17) is 40.1 Å². The van der Waals surface area contributed by atoms with Crippen molar-refractivity contribution in [2.45, 2.75) is 84.8 Å². The summed E-state index contributed by atoms with van der Waals surface area (Å²) in [6.45, 7) is 9.82. The van der Waals surface area contributed by atoms with Gasteiger partial charge in [-0.05, 0) is 155 Å². The zero-order chi connectivity index (χ0) is 73.4. The van der Waals surface area contributed by atoms with E-state index in [0.29, 0.717) is 11.1 Å². The van der Waals surface area contributed by atoms with Gasteiger partial charge in [0.15, 0.2) is 29.5 Å². The van der Waals surface area contributed by atoms with Gasteiger partial charge in [-0.3, -0.25) is 28.8 Å². The molecule has 3 unspecified atom stereocenters. The number of carbonyl (C=O) groups excluding carboxylic acids is 6. The van der Waals surface area contributed by atoms with Gasteiger partial charge in [0.1, 0.15) is 39.1 Å². The number of nitrogens with zero attached hydrogens (tertiary/aromatic N) is 1. The Labute approximate surface area is 592 Å². The lowest BCUT2D eigenvalue weighted by molar-refractivity contribution is -0.116. The molecule has 9 N–H and O–H groups in total. The predicted octanol–water partition coefficient (Wildman–Crippen LogP) is 13.9. The van der Waals surface area contributed by atoms with Gasteiger partial charge < -0.3 is 47.2 Å². The number of carbonyl (C=O) groups is 6. The van der Waals surface area contributed by atoms with Crippen molar-refractivity contribution in [2.75, 3.05) is 31.9 Å². The maximum Gasteiger partial charge on any atom is 0.255 e. The van der Waals surface area contributed by atoms with Crippen LogP contribution in [0.25, 0.3) is 0 Å². The first kappa shape index (κ1) is 76.8. The second-order valence-electron chi connectivity index (χ2n) is 22.3. The quantitative estimate of drug-likeness (QED) is 0.0320. The number of rotatable bonds is 20. The first-order valence-electron chi connectivity index (χ1n) is 30.3. The zero-order valence-corrected chi connectivity index (χ0v) is 58.9. The maximum atomic E-state index is 13.0. The SMILES string of the molecule is CCC(C(=O)Nc1cc(O)c(NC(=O)c2ccccc2)cc1Cl)S(=O)(=O)c1ccc(C)cc1.CCC(C(=O)Nc1ccc(NC(=O)c2ccc(C#N)c(Cl)c2)c(O)c1)S(=O)(=O)c1cccc(C)c1.Cc1cccc(S(=O)(=O)C(C)C(=O)Nc2cc(O)c(NC(=O)c3ccccc3)cc2Cl)c1. The second kappa shape index (κ2) is 33.8. The molecule has 0 saturated carbocycles. The molecule has 0 heterocycles. The number of anilines is 6. The molecule has 6 amide bonds. The summed E-state index contributed by atoms with van der Waals surface area (Å²) < 4.78 is 77.5. The zero-order valence-electron chi connectivity index (χ0n) is 54.2. The Bertz CT molecular complexity index is 4990. The van der Waals surface area contributed by atoms with Crippen molar-refractivity contribution in [3.05, 3.63) is 248 Å². The number of hydrogen-bond acceptors (Lipinski definition) is 16. The number of sulfone groups is 3. The van der Waals surface area contributed by atoms with Crippen molar-refractivity contribution in [1.82, 2.24) is 0 Å². The number of amides is 6. The molecule has 28 heteroatoms. The summed E-state index contributed by atoms with van der Waals surface area (Å²) in [6, 6.07) is 50.5. The van der Waals surface area contributed by atoms with Gasteiger partial charge in [0, 0.05) is 40.6 Å². The number of phenolic OH excluding ortho intramolecular Hbond substituents is 3. The number of aromatic hydroxyl groups is 3. The summed E-state index contributed by atoms with van der Waals surface area (Å²) >= 11 is 18.4. The Kier molecular flexibility index (Phi) is 25.9. The monoisotopic (exact) mass is 1470 g/mol. The Hall–Kier alpha value is -10.6. The summed E-state index contributed by atoms with van der Waals surface area (Å²) in [7, 11) is -11.8. The fraction of sp³-hybridized carbons (Fsp3) is 0.153. The van der Waals surface area contributed by atoms with Crippen LogP contribution >= 0.6 is 34.8 Å². The van der Waals surface area contributed by atoms with E-state index >= 15 is 0 Å². The number of halogens is 3. The molecule has 22 nitrogen and oxygen atoms in total. The highest BCUT2D eigenvalue weighted by atomic mass is 35.5. The van der Waals surface area contributed by atoms with Crippen LogP contribution in [0.1, 0.15) is 86.9 Å². The van der Waals surface area contributed by atoms with Crippen LogP contribution in [0.2, 0.25) is 15.1 Å². The highest BCUT2D eigenvalue weighted by Gasteiger charge is 2.35. The number of nitriles is 1. The lowest BCUT2D eigenvalue weighted by Gasteiger charge is -2.17. The van der Waals surface area contributed by atoms with Crippen LogP contribution in [0, 0.1) is 32.1 Å². The third kappa shape index (κ3) is 19.4. The molecule has 0 aromatic heterocycles. The minimum atomic E-state index is -3.94. The van der Waals surface area contributed by atoms with Gasteiger partial charge in [0.05, 0.1) is 63.8 Å². The molecule has 518 valence electrons. The van der Waals surface area contributed by atoms with Crippen molar-refractivity contribution in [3.63, 3.8) is 0 Å². The molecule has 0 aliphatic carbocycles. The van der Waals surface area contributed by atoms with Crippen LogP contribution in [0.3, 0.4) is 0 Å². The minimum Gasteiger partial charge on any atom is -0.506 e. The first-order valence-corrected chi connectivity index (χ1v) is 36.0. The van der Waals surface area contributed by atoms with E-state index in [1.807, 2.05) is 13.0 Å². The van der Waals surface area contributed by atoms with Gasteiger partial charge in [-0.2, -0.15) is 5.26 Å². The Morgan fingerprint density at radius 3 is 1.28 bits per heavy atom. The van der Waals surface area contributed by atoms with E-state index < -0.39 is 80.7 Å². The van der Waals surface area contributed by atoms with Gasteiger partial charge in [-0.1, -0.05) is 127 Å². The third-order valence-corrected chi connectivity index (χ3v) is 22.4. The van der Waals surface area contributed by atoms with E-state index in [1.165, 1.54) is 91.9 Å². The van der Waals surface area contributed by atoms with Crippen molar-refractivity contribution < 1.29 is 69.3 Å². The highest BCUT2D eigenvalue weighted by molar-refractivity contribution is 7.93. The van der Waals surface area contributed by atoms with Crippen molar-refractivity contribution >= 4 is 134 Å². The van der Waals surface area contributed by atoms with Gasteiger partial charge in [-0.15, -0.1) is 0 Å². The molecule has 0 aliphatic heterocycles. The van der Waals surface area contributed by atoms with Gasteiger partial charge >= 0.3 is 0 Å². The summed E-state index contributed by atoms with van der Waals surface area (Å²) in [5.74, 6) is -4.83. The molecule has 0 radical (unpaired) electrons. The molecule has 0 bridgehead atoms. The van der Waals surface area contributed by atoms with E-state index in [0.717, 1.165) is 28.8 Å². The predicted molar refractivity (Wildman–Crippen MR) is 386 cm³/mol. The van der Waals surface area contributed by atoms with Crippen LogP contribution < -0.4 is 31.9 Å². The highest BCUT2D eigenvalue weighted by Crippen LogP contribution is 2.37. The molecule has 9 rings (SSSR count). The van der Waals surface area contributed by atoms with Gasteiger partial charge in [0.2, 0.25) is 17.7 Å². The average Bonchev–Trinajstić information content (AvgIpc) is 0.802. The molecular weight excluding hydrogens is 1410 g/mol. The topological polar surface area (TPSA) is 361 Å². The standard InChI is InChI=1S/C25H22ClN3O5S.C24H23ClN2O5S.C23H21ClN2O5S/c1-3-23(35(33,34)19-6-4-5-15(2)11-19)25(32)28-18-9-10-21(22(30)13-18)29-24(31)16-7-8-17(14-27)20(26)12-16;1-3-22(33(31,32)17-11-9-15(2)10-12-17)24(30)26-19-14-21(28)20(13-18(19)25)27-23(29)16-7-5-4-6-8-16;1-14-7-6-10-17(11-14)32(30,31)15(2)22(28)25-19-13-21(27)20(12-18(19)24)26-23(29)16-8-4-3-5-9-16/h4-13,23,30H,3H2,1-2H3,(H,28,32)(H,29,31);4-14,22,28H,3H2,1-2H3,(H,26,30)(H,27,29);3-13,15,27H,1-2H3,(H,25,28)(H,26,29). The molecule has 3 atom stereocenters. The Balaban J connectivity index is 0.000000211. The van der Waals surface area contributed by atoms with Crippen LogP contribution in [0.15, 0.2) is 209 Å². The van der Waals surface area contributed by atoms with Crippen LogP contribution in [-0.4, -0.2) is 91.8 Å². The maximum absolute atomic E-state index is 13.0. The van der Waals surface area contributed by atoms with Crippen molar-refractivity contribution in [2.24, 2.45) is 0 Å². The Morgan fingerprint density at radius 2 is 0.830 bits per heavy atom. The molecule has 0 saturated heterocycles. The third-order valence-electron chi connectivity index (χ3n) is 15.0. The molecule has 0 aliphatic rings. The number of phenols is 3. The van der Waals surface area contributed by atoms with Gasteiger partial charge in [0.25, 0.3) is 17.7 Å². The van der Waals surface area contributed by atoms with E-state index in [9.17, 15) is 69.3 Å². The fourth-order valence-electron chi connectivity index (χ4n) is 9.49. The number of hydrogen-bond donors (Lipinski definition) is 9. The summed E-state index contributed by atoms with van der Waals surface area (Å²) in [5, 5.41) is 51.0. The smallest absolute Gasteiger partial charge is 0.255 e. The summed E-state index contributed by atoms with van der Waals surface area (Å²) in [6.07, 6.45) is 0.0895. The normalized spacial score (nSPS) is 12.0. The van der Waals surface area contributed by atoms with Gasteiger partial charge in [-0.25, -0.2) is 25.3 Å². The molecule has 100 heavy (non-hydrogen) atoms. The van der Waals surface area contributed by atoms with Crippen molar-refractivity contribution in [3.8, 4) is 23.3 Å². The van der Waals surface area contributed by atoms with Crippen LogP contribution in [0.5, 0.6) is 17.2 Å². The first-order chi connectivity index (χ1) is 47.3. The Morgan fingerprint density at radius 1 is 0.400 bits per heavy atom. The van der Waals surface area contributed by atoms with Crippen LogP contribution in [0.4, 0.5) is 34.1 Å².